The van der Waals surface area contributed by atoms with E-state index < -0.39 is 0 Å². The van der Waals surface area contributed by atoms with Crippen LogP contribution in [0.2, 0.25) is 0 Å². The second-order valence-electron chi connectivity index (χ2n) is 3.34. The number of aromatic amines is 1. The molecule has 0 radical (unpaired) electrons. The van der Waals surface area contributed by atoms with Crippen LogP contribution in [0.5, 0.6) is 0 Å². The van der Waals surface area contributed by atoms with Gasteiger partial charge in [0.2, 0.25) is 0 Å². The van der Waals surface area contributed by atoms with Crippen LogP contribution < -0.4 is 5.63 Å². The standard InChI is InChI=1S/C10H10ClNO2/c11-8-3-1-7(2-4-8)5-9-6-10(13)14-12-9/h1,3-4,6-7,12H,2,5H2. The van der Waals surface area contributed by atoms with Crippen LogP contribution in [0.1, 0.15) is 12.1 Å². The molecule has 74 valence electrons. The molecular weight excluding hydrogens is 202 g/mol. The SMILES string of the molecule is O=c1cc(CC2C=CC(Cl)=CC2)[nH]o1. The van der Waals surface area contributed by atoms with Gasteiger partial charge in [-0.05, 0) is 24.8 Å². The number of aromatic nitrogens is 1. The van der Waals surface area contributed by atoms with Gasteiger partial charge in [-0.1, -0.05) is 23.8 Å². The third-order valence-electron chi connectivity index (χ3n) is 2.20. The second kappa shape index (κ2) is 3.88. The first kappa shape index (κ1) is 9.34. The van der Waals surface area contributed by atoms with Crippen LogP contribution in [-0.4, -0.2) is 5.16 Å². The minimum absolute atomic E-state index is 0.326. The second-order valence-corrected chi connectivity index (χ2v) is 3.78. The normalized spacial score (nSPS) is 20.9. The van der Waals surface area contributed by atoms with Crippen LogP contribution in [0, 0.1) is 5.92 Å². The minimum Gasteiger partial charge on any atom is -0.339 e. The van der Waals surface area contributed by atoms with Gasteiger partial charge in [0.25, 0.3) is 0 Å². The Kier molecular flexibility index (Phi) is 2.59. The molecule has 0 aliphatic heterocycles. The van der Waals surface area contributed by atoms with Crippen molar-refractivity contribution in [2.24, 2.45) is 5.92 Å². The summed E-state index contributed by atoms with van der Waals surface area (Å²) < 4.78 is 4.58. The van der Waals surface area contributed by atoms with E-state index in [9.17, 15) is 4.79 Å². The van der Waals surface area contributed by atoms with Gasteiger partial charge in [-0.2, -0.15) is 0 Å². The molecule has 0 amide bonds. The van der Waals surface area contributed by atoms with Gasteiger partial charge < -0.3 is 4.52 Å². The predicted molar refractivity (Wildman–Crippen MR) is 54.2 cm³/mol. The molecule has 1 aliphatic rings. The molecule has 14 heavy (non-hydrogen) atoms. The molecule has 0 fully saturated rings. The maximum atomic E-state index is 10.7. The molecule has 0 aromatic carbocycles. The lowest BCUT2D eigenvalue weighted by molar-refractivity contribution is 0.382. The number of hydrogen-bond donors (Lipinski definition) is 1. The third kappa shape index (κ3) is 2.17. The fourth-order valence-electron chi connectivity index (χ4n) is 1.49. The van der Waals surface area contributed by atoms with Gasteiger partial charge in [-0.25, -0.2) is 9.95 Å². The fraction of sp³-hybridized carbons (Fsp3) is 0.300. The first-order valence-electron chi connectivity index (χ1n) is 4.45. The Labute approximate surface area is 86.0 Å². The quantitative estimate of drug-likeness (QED) is 0.815. The highest BCUT2D eigenvalue weighted by atomic mass is 35.5. The molecule has 1 aromatic heterocycles. The Morgan fingerprint density at radius 2 is 2.50 bits per heavy atom. The van der Waals surface area contributed by atoms with E-state index in [1.165, 1.54) is 6.07 Å². The van der Waals surface area contributed by atoms with Gasteiger partial charge >= 0.3 is 5.63 Å². The van der Waals surface area contributed by atoms with Crippen LogP contribution in [0.25, 0.3) is 0 Å². The molecule has 2 rings (SSSR count). The van der Waals surface area contributed by atoms with Gasteiger partial charge in [0.1, 0.15) is 0 Å². The van der Waals surface area contributed by atoms with E-state index in [-0.39, 0.29) is 5.63 Å². The van der Waals surface area contributed by atoms with Crippen molar-refractivity contribution < 1.29 is 4.52 Å². The van der Waals surface area contributed by atoms with Crippen molar-refractivity contribution in [3.63, 3.8) is 0 Å². The zero-order chi connectivity index (χ0) is 9.97. The lowest BCUT2D eigenvalue weighted by Gasteiger charge is -2.11. The monoisotopic (exact) mass is 211 g/mol. The molecule has 1 N–H and O–H groups in total. The minimum atomic E-state index is -0.326. The summed E-state index contributed by atoms with van der Waals surface area (Å²) in [5, 5.41) is 3.37. The highest BCUT2D eigenvalue weighted by Gasteiger charge is 2.10. The maximum absolute atomic E-state index is 10.7. The van der Waals surface area contributed by atoms with Gasteiger partial charge in [0, 0.05) is 11.1 Å². The van der Waals surface area contributed by atoms with Crippen molar-refractivity contribution in [3.8, 4) is 0 Å². The molecule has 0 saturated carbocycles. The van der Waals surface area contributed by atoms with E-state index in [0.717, 1.165) is 23.6 Å². The van der Waals surface area contributed by atoms with Crippen molar-refractivity contribution in [2.45, 2.75) is 12.8 Å². The first-order valence-corrected chi connectivity index (χ1v) is 4.83. The largest absolute Gasteiger partial charge is 0.357 e. The highest BCUT2D eigenvalue weighted by molar-refractivity contribution is 6.31. The zero-order valence-corrected chi connectivity index (χ0v) is 8.25. The van der Waals surface area contributed by atoms with Crippen LogP contribution in [0.3, 0.4) is 0 Å². The summed E-state index contributed by atoms with van der Waals surface area (Å²) >= 11 is 5.79. The predicted octanol–water partition coefficient (Wildman–Crippen LogP) is 2.21. The summed E-state index contributed by atoms with van der Waals surface area (Å²) in [7, 11) is 0. The van der Waals surface area contributed by atoms with Crippen molar-refractivity contribution >= 4 is 11.6 Å². The molecule has 1 aliphatic carbocycles. The maximum Gasteiger partial charge on any atom is 0.357 e. The van der Waals surface area contributed by atoms with E-state index in [0.29, 0.717) is 5.92 Å². The number of rotatable bonds is 2. The number of nitrogens with one attached hydrogen (secondary N) is 1. The Balaban J connectivity index is 2.00. The van der Waals surface area contributed by atoms with E-state index in [4.69, 9.17) is 11.6 Å². The number of H-pyrrole nitrogens is 1. The average Bonchev–Trinajstić information content (AvgIpc) is 2.56. The molecule has 1 aromatic rings. The molecule has 4 heteroatoms. The molecule has 0 spiro atoms. The van der Waals surface area contributed by atoms with Crippen molar-refractivity contribution in [2.75, 3.05) is 0 Å². The summed E-state index contributed by atoms with van der Waals surface area (Å²) in [6.07, 6.45) is 7.59. The number of halogens is 1. The lowest BCUT2D eigenvalue weighted by Crippen LogP contribution is -2.03. The van der Waals surface area contributed by atoms with Gasteiger partial charge in [-0.3, -0.25) is 0 Å². The Hall–Kier alpha value is -1.22. The van der Waals surface area contributed by atoms with Gasteiger partial charge in [0.05, 0.1) is 5.69 Å². The Morgan fingerprint density at radius 1 is 1.64 bits per heavy atom. The van der Waals surface area contributed by atoms with Crippen LogP contribution >= 0.6 is 11.6 Å². The summed E-state index contributed by atoms with van der Waals surface area (Å²) in [6.45, 7) is 0. The first-order chi connectivity index (χ1) is 6.74. The van der Waals surface area contributed by atoms with E-state index >= 15 is 0 Å². The summed E-state index contributed by atoms with van der Waals surface area (Å²) in [5.74, 6) is 0.394. The smallest absolute Gasteiger partial charge is 0.339 e. The van der Waals surface area contributed by atoms with Crippen LogP contribution in [0.15, 0.2) is 38.6 Å². The number of allylic oxidation sites excluding steroid dienone is 4. The topological polar surface area (TPSA) is 46.0 Å². The fourth-order valence-corrected chi connectivity index (χ4v) is 1.65. The van der Waals surface area contributed by atoms with Crippen molar-refractivity contribution in [1.82, 2.24) is 5.16 Å². The lowest BCUT2D eigenvalue weighted by atomic mass is 9.96. The molecule has 3 nitrogen and oxygen atoms in total. The van der Waals surface area contributed by atoms with Gasteiger partial charge in [-0.15, -0.1) is 0 Å². The van der Waals surface area contributed by atoms with E-state index in [1.54, 1.807) is 0 Å². The van der Waals surface area contributed by atoms with Crippen molar-refractivity contribution in [3.05, 3.63) is 45.4 Å². The van der Waals surface area contributed by atoms with Crippen molar-refractivity contribution in [1.29, 1.82) is 0 Å². The van der Waals surface area contributed by atoms with Gasteiger partial charge in [0.15, 0.2) is 0 Å². The zero-order valence-electron chi connectivity index (χ0n) is 7.50. The summed E-state index contributed by atoms with van der Waals surface area (Å²) in [5.41, 5.74) is 0.504. The molecule has 1 unspecified atom stereocenters. The summed E-state index contributed by atoms with van der Waals surface area (Å²) in [6, 6.07) is 1.48. The summed E-state index contributed by atoms with van der Waals surface area (Å²) in [4.78, 5) is 10.7. The van der Waals surface area contributed by atoms with E-state index in [1.807, 2.05) is 18.2 Å². The molecule has 1 atom stereocenters. The highest BCUT2D eigenvalue weighted by Crippen LogP contribution is 2.21. The van der Waals surface area contributed by atoms with E-state index in [2.05, 4.69) is 9.68 Å². The molecular formula is C10H10ClNO2. The number of hydrogen-bond acceptors (Lipinski definition) is 2. The van der Waals surface area contributed by atoms with Crippen LogP contribution in [0.4, 0.5) is 0 Å². The molecule has 1 heterocycles. The molecule has 0 bridgehead atoms. The Bertz CT molecular complexity index is 427. The Morgan fingerprint density at radius 3 is 3.07 bits per heavy atom. The third-order valence-corrected chi connectivity index (χ3v) is 2.48. The molecule has 0 saturated heterocycles. The van der Waals surface area contributed by atoms with Crippen LogP contribution in [-0.2, 0) is 6.42 Å². The average molecular weight is 212 g/mol.